The topological polar surface area (TPSA) is 78.4 Å². The van der Waals surface area contributed by atoms with Crippen molar-refractivity contribution in [2.45, 2.75) is 57.9 Å². The highest BCUT2D eigenvalue weighted by Crippen LogP contribution is 2.30. The Hall–Kier alpha value is -1.26. The zero-order valence-corrected chi connectivity index (χ0v) is 12.2. The summed E-state index contributed by atoms with van der Waals surface area (Å²) >= 11 is 0. The highest BCUT2D eigenvalue weighted by atomic mass is 16.4. The summed E-state index contributed by atoms with van der Waals surface area (Å²) in [4.78, 5) is 23.1. The van der Waals surface area contributed by atoms with Crippen LogP contribution in [0.15, 0.2) is 0 Å². The zero-order valence-electron chi connectivity index (χ0n) is 12.2. The van der Waals surface area contributed by atoms with E-state index in [2.05, 4.69) is 17.6 Å². The molecule has 0 bridgehead atoms. The molecule has 2 rings (SSSR count). The summed E-state index contributed by atoms with van der Waals surface area (Å²) in [5.41, 5.74) is 0. The second-order valence-electron chi connectivity index (χ2n) is 6.36. The van der Waals surface area contributed by atoms with Crippen LogP contribution in [0.3, 0.4) is 0 Å². The maximum absolute atomic E-state index is 11.9. The zero-order chi connectivity index (χ0) is 14.5. The van der Waals surface area contributed by atoms with Gasteiger partial charge in [-0.3, -0.25) is 4.79 Å². The molecule has 0 heterocycles. The Morgan fingerprint density at radius 3 is 2.50 bits per heavy atom. The number of nitrogens with one attached hydrogen (secondary N) is 2. The molecule has 0 aromatic rings. The Balaban J connectivity index is 1.76. The molecule has 2 aliphatic carbocycles. The fourth-order valence-corrected chi connectivity index (χ4v) is 3.57. The Morgan fingerprint density at radius 1 is 1.10 bits per heavy atom. The van der Waals surface area contributed by atoms with Crippen molar-refractivity contribution in [3.63, 3.8) is 0 Å². The highest BCUT2D eigenvalue weighted by Gasteiger charge is 2.32. The summed E-state index contributed by atoms with van der Waals surface area (Å²) in [6, 6.07) is -0.426. The lowest BCUT2D eigenvalue weighted by Crippen LogP contribution is -2.49. The molecule has 2 saturated carbocycles. The Labute approximate surface area is 120 Å². The third-order valence-corrected chi connectivity index (χ3v) is 4.96. The molecule has 0 aromatic carbocycles. The van der Waals surface area contributed by atoms with Crippen molar-refractivity contribution in [2.75, 3.05) is 6.54 Å². The first-order valence-corrected chi connectivity index (χ1v) is 7.85. The van der Waals surface area contributed by atoms with E-state index in [-0.39, 0.29) is 12.1 Å². The number of carbonyl (C=O) groups excluding carboxylic acids is 1. The van der Waals surface area contributed by atoms with Crippen molar-refractivity contribution in [3.05, 3.63) is 0 Å². The van der Waals surface area contributed by atoms with E-state index < -0.39 is 11.9 Å². The van der Waals surface area contributed by atoms with Crippen LogP contribution in [-0.2, 0) is 4.79 Å². The fraction of sp³-hybridized carbons (Fsp3) is 0.867. The van der Waals surface area contributed by atoms with Gasteiger partial charge in [0.05, 0.1) is 5.92 Å². The molecular weight excluding hydrogens is 256 g/mol. The predicted molar refractivity (Wildman–Crippen MR) is 76.4 cm³/mol. The van der Waals surface area contributed by atoms with Crippen molar-refractivity contribution in [1.29, 1.82) is 0 Å². The van der Waals surface area contributed by atoms with Crippen LogP contribution >= 0.6 is 0 Å². The van der Waals surface area contributed by atoms with Crippen LogP contribution in [0.5, 0.6) is 0 Å². The van der Waals surface area contributed by atoms with Crippen molar-refractivity contribution >= 4 is 12.0 Å². The van der Waals surface area contributed by atoms with Gasteiger partial charge in [0, 0.05) is 12.6 Å². The SMILES string of the molecule is CC1CCCC1CNC(=O)NC1CCCCC1C(=O)O. The van der Waals surface area contributed by atoms with E-state index >= 15 is 0 Å². The minimum absolute atomic E-state index is 0.206. The molecule has 114 valence electrons. The van der Waals surface area contributed by atoms with Gasteiger partial charge in [-0.05, 0) is 31.1 Å². The van der Waals surface area contributed by atoms with Gasteiger partial charge in [-0.15, -0.1) is 0 Å². The van der Waals surface area contributed by atoms with Gasteiger partial charge < -0.3 is 15.7 Å². The van der Waals surface area contributed by atoms with Crippen LogP contribution in [-0.4, -0.2) is 29.7 Å². The number of carbonyl (C=O) groups is 2. The number of urea groups is 1. The van der Waals surface area contributed by atoms with Crippen LogP contribution < -0.4 is 10.6 Å². The van der Waals surface area contributed by atoms with E-state index in [1.165, 1.54) is 19.3 Å². The average Bonchev–Trinajstić information content (AvgIpc) is 2.82. The molecule has 5 heteroatoms. The second-order valence-corrected chi connectivity index (χ2v) is 6.36. The number of carboxylic acids is 1. The molecule has 2 aliphatic rings. The molecule has 3 N–H and O–H groups in total. The van der Waals surface area contributed by atoms with Gasteiger partial charge in [-0.25, -0.2) is 4.79 Å². The third-order valence-electron chi connectivity index (χ3n) is 4.96. The molecule has 20 heavy (non-hydrogen) atoms. The molecule has 0 aromatic heterocycles. The molecule has 2 fully saturated rings. The lowest BCUT2D eigenvalue weighted by molar-refractivity contribution is -0.143. The maximum atomic E-state index is 11.9. The van der Waals surface area contributed by atoms with Crippen LogP contribution in [0.4, 0.5) is 4.79 Å². The van der Waals surface area contributed by atoms with Crippen LogP contribution in [0.2, 0.25) is 0 Å². The number of amides is 2. The number of hydrogen-bond acceptors (Lipinski definition) is 2. The molecule has 0 spiro atoms. The quantitative estimate of drug-likeness (QED) is 0.740. The van der Waals surface area contributed by atoms with E-state index in [1.807, 2.05) is 0 Å². The Kier molecular flexibility index (Phi) is 5.26. The van der Waals surface area contributed by atoms with Gasteiger partial charge in [0.1, 0.15) is 0 Å². The minimum Gasteiger partial charge on any atom is -0.481 e. The molecular formula is C15H26N2O3. The van der Waals surface area contributed by atoms with Gasteiger partial charge in [0.2, 0.25) is 0 Å². The number of carboxylic acid groups (broad SMARTS) is 1. The molecule has 2 amide bonds. The van der Waals surface area contributed by atoms with Crippen LogP contribution in [0.1, 0.15) is 51.9 Å². The summed E-state index contributed by atoms with van der Waals surface area (Å²) in [6.45, 7) is 2.94. The molecule has 5 nitrogen and oxygen atoms in total. The Morgan fingerprint density at radius 2 is 1.85 bits per heavy atom. The second kappa shape index (κ2) is 6.95. The van der Waals surface area contributed by atoms with Gasteiger partial charge in [-0.2, -0.15) is 0 Å². The first-order valence-electron chi connectivity index (χ1n) is 7.85. The third kappa shape index (κ3) is 3.87. The first-order chi connectivity index (χ1) is 9.58. The van der Waals surface area contributed by atoms with E-state index in [0.717, 1.165) is 19.3 Å². The van der Waals surface area contributed by atoms with E-state index in [0.29, 0.717) is 24.8 Å². The summed E-state index contributed by atoms with van der Waals surface area (Å²) < 4.78 is 0. The number of aliphatic carboxylic acids is 1. The summed E-state index contributed by atoms with van der Waals surface area (Å²) in [7, 11) is 0. The van der Waals surface area contributed by atoms with Crippen LogP contribution in [0.25, 0.3) is 0 Å². The predicted octanol–water partition coefficient (Wildman–Crippen LogP) is 2.37. The largest absolute Gasteiger partial charge is 0.481 e. The minimum atomic E-state index is -0.792. The van der Waals surface area contributed by atoms with Crippen molar-refractivity contribution in [3.8, 4) is 0 Å². The van der Waals surface area contributed by atoms with Gasteiger partial charge in [-0.1, -0.05) is 32.6 Å². The first kappa shape index (κ1) is 15.1. The van der Waals surface area contributed by atoms with Crippen molar-refractivity contribution in [2.24, 2.45) is 17.8 Å². The fourth-order valence-electron chi connectivity index (χ4n) is 3.57. The average molecular weight is 282 g/mol. The van der Waals surface area contributed by atoms with E-state index in [9.17, 15) is 14.7 Å². The number of rotatable bonds is 4. The lowest BCUT2D eigenvalue weighted by Gasteiger charge is -2.29. The normalized spacial score (nSPS) is 33.6. The Bertz CT molecular complexity index is 359. The summed E-state index contributed by atoms with van der Waals surface area (Å²) in [5.74, 6) is 0.0263. The van der Waals surface area contributed by atoms with Crippen molar-refractivity contribution < 1.29 is 14.7 Å². The van der Waals surface area contributed by atoms with Crippen molar-refractivity contribution in [1.82, 2.24) is 10.6 Å². The number of hydrogen-bond donors (Lipinski definition) is 3. The monoisotopic (exact) mass is 282 g/mol. The summed E-state index contributed by atoms with van der Waals surface area (Å²) in [6.07, 6.45) is 7.05. The standard InChI is InChI=1S/C15H26N2O3/c1-10-5-4-6-11(10)9-16-15(20)17-13-8-3-2-7-12(13)14(18)19/h10-13H,2-9H2,1H3,(H,18,19)(H2,16,17,20). The maximum Gasteiger partial charge on any atom is 0.315 e. The molecule has 4 atom stereocenters. The molecule has 0 saturated heterocycles. The smallest absolute Gasteiger partial charge is 0.315 e. The van der Waals surface area contributed by atoms with Gasteiger partial charge >= 0.3 is 12.0 Å². The van der Waals surface area contributed by atoms with Gasteiger partial charge in [0.25, 0.3) is 0 Å². The summed E-state index contributed by atoms with van der Waals surface area (Å²) in [5, 5.41) is 15.0. The van der Waals surface area contributed by atoms with Crippen LogP contribution in [0, 0.1) is 17.8 Å². The molecule has 0 radical (unpaired) electrons. The van der Waals surface area contributed by atoms with E-state index in [4.69, 9.17) is 0 Å². The highest BCUT2D eigenvalue weighted by molar-refractivity contribution is 5.76. The van der Waals surface area contributed by atoms with E-state index in [1.54, 1.807) is 0 Å². The van der Waals surface area contributed by atoms with Gasteiger partial charge in [0.15, 0.2) is 0 Å². The molecule has 0 aliphatic heterocycles. The molecule has 4 unspecified atom stereocenters. The lowest BCUT2D eigenvalue weighted by atomic mass is 9.84.